The zero-order valence-corrected chi connectivity index (χ0v) is 30.2. The van der Waals surface area contributed by atoms with Crippen LogP contribution in [0.25, 0.3) is 11.3 Å². The number of nitrogen functional groups attached to an aromatic ring is 1. The van der Waals surface area contributed by atoms with Gasteiger partial charge in [-0.25, -0.2) is 9.59 Å². The van der Waals surface area contributed by atoms with Gasteiger partial charge in [-0.15, -0.1) is 0 Å². The maximum absolute atomic E-state index is 13.5. The van der Waals surface area contributed by atoms with Gasteiger partial charge in [-0.1, -0.05) is 45.2 Å². The molecule has 0 aliphatic carbocycles. The minimum absolute atomic E-state index is 0.0494. The van der Waals surface area contributed by atoms with E-state index >= 15 is 0 Å². The van der Waals surface area contributed by atoms with Gasteiger partial charge in [0.1, 0.15) is 17.6 Å². The molecule has 2 aromatic carbocycles. The van der Waals surface area contributed by atoms with Gasteiger partial charge in [0.25, 0.3) is 11.8 Å². The number of hydrogen-bond donors (Lipinski definition) is 6. The molecule has 54 heavy (non-hydrogen) atoms. The monoisotopic (exact) mass is 751 g/mol. The fourth-order valence-corrected chi connectivity index (χ4v) is 5.53. The number of aliphatic carboxylic acids is 2. The standard InChI is InChI=1S/C37H45N5O12/c1-4-7-8-12-25(28(5-2)42(21-43)54-37(51)23-10-9-11-24(38)17-23)33(46)39-20-40-35(48)30-16-15-29(53-30)22-13-14-26(31(18-22)52-6-3)34(47)41-27(36(49)50)19-32(44)45/h9-11,13-18,21,25,27-28H,4-8,12,19-20,38H2,1-3H3,(H,39,46)(H,40,48)(H,41,47)(H,44,45)(H,49,50)/t25-,27+,28-/m1/s1. The first kappa shape index (κ1) is 42.0. The van der Waals surface area contributed by atoms with Crippen LogP contribution in [0.4, 0.5) is 5.69 Å². The van der Waals surface area contributed by atoms with Gasteiger partial charge in [0.05, 0.1) is 42.8 Å². The van der Waals surface area contributed by atoms with Crippen LogP contribution in [-0.4, -0.2) is 82.7 Å². The molecule has 0 fully saturated rings. The van der Waals surface area contributed by atoms with Crippen molar-refractivity contribution in [2.75, 3.05) is 19.0 Å². The highest BCUT2D eigenvalue weighted by atomic mass is 16.7. The van der Waals surface area contributed by atoms with Crippen molar-refractivity contribution in [3.63, 3.8) is 0 Å². The molecule has 17 heteroatoms. The number of unbranched alkanes of at least 4 members (excludes halogenated alkanes) is 2. The summed E-state index contributed by atoms with van der Waals surface area (Å²) in [5.41, 5.74) is 6.59. The Morgan fingerprint density at radius 1 is 0.944 bits per heavy atom. The topological polar surface area (TPSA) is 257 Å². The number of ether oxygens (including phenoxy) is 1. The van der Waals surface area contributed by atoms with Crippen LogP contribution < -0.4 is 26.4 Å². The number of carbonyl (C=O) groups is 7. The third-order valence-corrected chi connectivity index (χ3v) is 8.21. The average molecular weight is 752 g/mol. The van der Waals surface area contributed by atoms with Gasteiger partial charge in [-0.05, 0) is 62.2 Å². The molecule has 4 amide bonds. The van der Waals surface area contributed by atoms with Crippen molar-refractivity contribution in [2.45, 2.75) is 71.4 Å². The lowest BCUT2D eigenvalue weighted by atomic mass is 9.90. The van der Waals surface area contributed by atoms with Crippen LogP contribution in [0.3, 0.4) is 0 Å². The molecule has 3 aromatic rings. The van der Waals surface area contributed by atoms with Gasteiger partial charge < -0.3 is 45.9 Å². The van der Waals surface area contributed by atoms with Crippen LogP contribution in [0.15, 0.2) is 59.0 Å². The number of anilines is 1. The second-order valence-electron chi connectivity index (χ2n) is 12.0. The molecule has 290 valence electrons. The third-order valence-electron chi connectivity index (χ3n) is 8.21. The van der Waals surface area contributed by atoms with Crippen molar-refractivity contribution in [3.05, 3.63) is 71.5 Å². The van der Waals surface area contributed by atoms with Gasteiger partial charge in [-0.3, -0.25) is 24.0 Å². The highest BCUT2D eigenvalue weighted by Gasteiger charge is 2.34. The number of furan rings is 1. The Hall–Kier alpha value is -6.39. The van der Waals surface area contributed by atoms with E-state index < -0.39 is 60.1 Å². The highest BCUT2D eigenvalue weighted by Crippen LogP contribution is 2.29. The highest BCUT2D eigenvalue weighted by molar-refractivity contribution is 6.00. The zero-order valence-electron chi connectivity index (χ0n) is 30.2. The number of amides is 4. The second-order valence-corrected chi connectivity index (χ2v) is 12.0. The second kappa shape index (κ2) is 20.6. The average Bonchev–Trinajstić information content (AvgIpc) is 3.64. The van der Waals surface area contributed by atoms with E-state index in [1.54, 1.807) is 26.0 Å². The summed E-state index contributed by atoms with van der Waals surface area (Å²) in [4.78, 5) is 92.1. The van der Waals surface area contributed by atoms with E-state index in [1.165, 1.54) is 42.5 Å². The van der Waals surface area contributed by atoms with Crippen molar-refractivity contribution >= 4 is 47.7 Å². The van der Waals surface area contributed by atoms with Gasteiger partial charge in [0.2, 0.25) is 12.3 Å². The molecule has 1 aromatic heterocycles. The quantitative estimate of drug-likeness (QED) is 0.0282. The maximum atomic E-state index is 13.5. The van der Waals surface area contributed by atoms with Gasteiger partial charge in [-0.2, -0.15) is 5.06 Å². The Balaban J connectivity index is 1.69. The first-order valence-electron chi connectivity index (χ1n) is 17.3. The van der Waals surface area contributed by atoms with E-state index in [9.17, 15) is 38.7 Å². The normalized spacial score (nSPS) is 12.4. The summed E-state index contributed by atoms with van der Waals surface area (Å²) in [6.07, 6.45) is 2.53. The van der Waals surface area contributed by atoms with Crippen LogP contribution in [0.2, 0.25) is 0 Å². The van der Waals surface area contributed by atoms with Crippen LogP contribution in [0, 0.1) is 5.92 Å². The molecule has 17 nitrogen and oxygen atoms in total. The molecule has 0 aliphatic heterocycles. The lowest BCUT2D eigenvalue weighted by Gasteiger charge is -2.31. The first-order chi connectivity index (χ1) is 25.8. The Labute approximate surface area is 311 Å². The molecule has 0 spiro atoms. The molecule has 0 saturated carbocycles. The van der Waals surface area contributed by atoms with Gasteiger partial charge >= 0.3 is 17.9 Å². The molecular weight excluding hydrogens is 706 g/mol. The number of benzene rings is 2. The summed E-state index contributed by atoms with van der Waals surface area (Å²) >= 11 is 0. The number of carboxylic acid groups (broad SMARTS) is 2. The molecule has 7 N–H and O–H groups in total. The van der Waals surface area contributed by atoms with E-state index in [0.29, 0.717) is 30.5 Å². The fourth-order valence-electron chi connectivity index (χ4n) is 5.53. The summed E-state index contributed by atoms with van der Waals surface area (Å²) in [7, 11) is 0. The number of rotatable bonds is 22. The fraction of sp³-hybridized carbons (Fsp3) is 0.378. The lowest BCUT2D eigenvalue weighted by molar-refractivity contribution is -0.171. The SMILES string of the molecule is CCCCC[C@@H](C(=O)NCNC(=O)c1ccc(-c2ccc(C(=O)N[C@@H](CC(=O)O)C(=O)O)c(OCC)c2)o1)[C@@H](CC)N(C=O)OC(=O)c1cccc(N)c1. The van der Waals surface area contributed by atoms with Crippen molar-refractivity contribution in [1.29, 1.82) is 0 Å². The van der Waals surface area contributed by atoms with E-state index in [2.05, 4.69) is 16.0 Å². The van der Waals surface area contributed by atoms with Crippen molar-refractivity contribution in [2.24, 2.45) is 5.92 Å². The molecule has 0 saturated heterocycles. The lowest BCUT2D eigenvalue weighted by Crippen LogP contribution is -2.49. The summed E-state index contributed by atoms with van der Waals surface area (Å²) in [6.45, 7) is 5.26. The summed E-state index contributed by atoms with van der Waals surface area (Å²) in [5, 5.41) is 26.5. The van der Waals surface area contributed by atoms with Crippen molar-refractivity contribution in [1.82, 2.24) is 21.0 Å². The number of hydrogen-bond acceptors (Lipinski definition) is 11. The van der Waals surface area contributed by atoms with Gasteiger partial charge in [0, 0.05) is 11.3 Å². The Kier molecular flexibility index (Phi) is 16.0. The Bertz CT molecular complexity index is 1810. The predicted octanol–water partition coefficient (Wildman–Crippen LogP) is 3.59. The molecular formula is C37H45N5O12. The van der Waals surface area contributed by atoms with E-state index in [-0.39, 0.29) is 48.1 Å². The number of nitrogens with two attached hydrogens (primary N) is 1. The molecule has 0 aliphatic rings. The molecule has 0 unspecified atom stereocenters. The molecule has 3 rings (SSSR count). The number of carboxylic acids is 2. The smallest absolute Gasteiger partial charge is 0.363 e. The minimum Gasteiger partial charge on any atom is -0.493 e. The maximum Gasteiger partial charge on any atom is 0.363 e. The molecule has 1 heterocycles. The third kappa shape index (κ3) is 11.8. The predicted molar refractivity (Wildman–Crippen MR) is 193 cm³/mol. The number of nitrogens with zero attached hydrogens (tertiary/aromatic N) is 1. The summed E-state index contributed by atoms with van der Waals surface area (Å²) in [5.74, 6) is -6.37. The van der Waals surface area contributed by atoms with Crippen molar-refractivity contribution in [3.8, 4) is 17.1 Å². The molecule has 3 atom stereocenters. The number of carbonyl (C=O) groups excluding carboxylic acids is 5. The summed E-state index contributed by atoms with van der Waals surface area (Å²) in [6, 6.07) is 10.7. The number of nitrogens with one attached hydrogen (secondary N) is 3. The van der Waals surface area contributed by atoms with Crippen LogP contribution >= 0.6 is 0 Å². The number of hydroxylamine groups is 2. The first-order valence-corrected chi connectivity index (χ1v) is 17.3. The zero-order chi connectivity index (χ0) is 39.8. The largest absolute Gasteiger partial charge is 0.493 e. The van der Waals surface area contributed by atoms with Crippen molar-refractivity contribution < 1.29 is 57.8 Å². The van der Waals surface area contributed by atoms with Crippen LogP contribution in [0.1, 0.15) is 90.6 Å². The van der Waals surface area contributed by atoms with Gasteiger partial charge in [0.15, 0.2) is 5.76 Å². The Morgan fingerprint density at radius 3 is 2.33 bits per heavy atom. The minimum atomic E-state index is -1.67. The van der Waals surface area contributed by atoms with Crippen LogP contribution in [0.5, 0.6) is 5.75 Å². The molecule has 0 radical (unpaired) electrons. The van der Waals surface area contributed by atoms with E-state index in [4.69, 9.17) is 24.8 Å². The Morgan fingerprint density at radius 2 is 1.70 bits per heavy atom. The molecule has 0 bridgehead atoms. The van der Waals surface area contributed by atoms with E-state index in [0.717, 1.165) is 17.9 Å². The van der Waals surface area contributed by atoms with E-state index in [1.807, 2.05) is 6.92 Å². The van der Waals surface area contributed by atoms with Crippen LogP contribution in [-0.2, 0) is 24.0 Å². The summed E-state index contributed by atoms with van der Waals surface area (Å²) < 4.78 is 11.3.